The van der Waals surface area contributed by atoms with Crippen LogP contribution in [-0.2, 0) is 4.74 Å². The first kappa shape index (κ1) is 10.4. The van der Waals surface area contributed by atoms with Crippen LogP contribution >= 0.6 is 0 Å². The Bertz CT molecular complexity index is 191. The molecule has 0 aromatic rings. The molecule has 3 nitrogen and oxygen atoms in total. The minimum Gasteiger partial charge on any atom is -0.380 e. The Balaban J connectivity index is 2.47. The molecule has 2 atom stereocenters. The van der Waals surface area contributed by atoms with E-state index < -0.39 is 0 Å². The number of hydrogen-bond donors (Lipinski definition) is 0. The molecule has 2 unspecified atom stereocenters. The van der Waals surface area contributed by atoms with Crippen LogP contribution < -0.4 is 0 Å². The first-order valence-electron chi connectivity index (χ1n) is 4.69. The third-order valence-electron chi connectivity index (χ3n) is 2.40. The van der Waals surface area contributed by atoms with E-state index in [1.807, 2.05) is 19.2 Å². The zero-order chi connectivity index (χ0) is 9.68. The summed E-state index contributed by atoms with van der Waals surface area (Å²) < 4.78 is 5.29. The van der Waals surface area contributed by atoms with Crippen molar-refractivity contribution in [3.63, 3.8) is 0 Å². The highest BCUT2D eigenvalue weighted by atomic mass is 16.5. The molecule has 0 radical (unpaired) electrons. The lowest BCUT2D eigenvalue weighted by molar-refractivity contribution is 0.105. The molecule has 0 bridgehead atoms. The van der Waals surface area contributed by atoms with E-state index in [-0.39, 0.29) is 6.17 Å². The Labute approximate surface area is 80.1 Å². The van der Waals surface area contributed by atoms with Crippen molar-refractivity contribution in [2.45, 2.75) is 25.6 Å². The van der Waals surface area contributed by atoms with Crippen LogP contribution in [0.4, 0.5) is 0 Å². The van der Waals surface area contributed by atoms with Crippen LogP contribution in [0.5, 0.6) is 0 Å². The van der Waals surface area contributed by atoms with Gasteiger partial charge in [0.1, 0.15) is 6.17 Å². The molecule has 1 rings (SSSR count). The van der Waals surface area contributed by atoms with Crippen molar-refractivity contribution < 1.29 is 4.74 Å². The Morgan fingerprint density at radius 1 is 1.69 bits per heavy atom. The molecular weight excluding hydrogens is 164 g/mol. The summed E-state index contributed by atoms with van der Waals surface area (Å²) in [5, 5.41) is 0. The molecule has 0 N–H and O–H groups in total. The number of rotatable bonds is 4. The smallest absolute Gasteiger partial charge is 0.120 e. The summed E-state index contributed by atoms with van der Waals surface area (Å²) in [5.41, 5.74) is 0. The average Bonchev–Trinajstić information content (AvgIpc) is 2.62. The van der Waals surface area contributed by atoms with E-state index in [9.17, 15) is 0 Å². The van der Waals surface area contributed by atoms with Crippen molar-refractivity contribution in [2.75, 3.05) is 20.2 Å². The fourth-order valence-corrected chi connectivity index (χ4v) is 1.64. The van der Waals surface area contributed by atoms with Gasteiger partial charge in [0.15, 0.2) is 0 Å². The summed E-state index contributed by atoms with van der Waals surface area (Å²) in [4.78, 5) is 6.60. The normalized spacial score (nSPS) is 26.8. The minimum absolute atomic E-state index is 0.130. The van der Waals surface area contributed by atoms with Gasteiger partial charge in [-0.3, -0.25) is 9.89 Å². The SMILES string of the molecule is C=CC(N=CC)N1CCC(OC)C1. The maximum Gasteiger partial charge on any atom is 0.120 e. The lowest BCUT2D eigenvalue weighted by Crippen LogP contribution is -2.31. The van der Waals surface area contributed by atoms with Gasteiger partial charge < -0.3 is 4.74 Å². The van der Waals surface area contributed by atoms with E-state index in [0.717, 1.165) is 19.5 Å². The number of ether oxygens (including phenoxy) is 1. The highest BCUT2D eigenvalue weighted by Crippen LogP contribution is 2.15. The molecule has 0 spiro atoms. The number of nitrogens with zero attached hydrogens (tertiary/aromatic N) is 2. The Kier molecular flexibility index (Phi) is 4.12. The van der Waals surface area contributed by atoms with Crippen molar-refractivity contribution in [3.8, 4) is 0 Å². The third-order valence-corrected chi connectivity index (χ3v) is 2.40. The van der Waals surface area contributed by atoms with Crippen LogP contribution in [0.2, 0.25) is 0 Å². The molecule has 0 amide bonds. The molecule has 74 valence electrons. The van der Waals surface area contributed by atoms with Crippen molar-refractivity contribution in [2.24, 2.45) is 4.99 Å². The largest absolute Gasteiger partial charge is 0.380 e. The standard InChI is InChI=1S/C10H18N2O/c1-4-10(11-5-2)12-7-6-9(8-12)13-3/h4-5,9-10H,1,6-8H2,2-3H3. The van der Waals surface area contributed by atoms with E-state index >= 15 is 0 Å². The van der Waals surface area contributed by atoms with Crippen LogP contribution in [0.25, 0.3) is 0 Å². The second kappa shape index (κ2) is 5.14. The monoisotopic (exact) mass is 182 g/mol. The minimum atomic E-state index is 0.130. The molecule has 1 heterocycles. The van der Waals surface area contributed by atoms with Crippen molar-refractivity contribution >= 4 is 6.21 Å². The molecule has 1 aliphatic rings. The fraction of sp³-hybridized carbons (Fsp3) is 0.700. The Hall–Kier alpha value is -0.670. The van der Waals surface area contributed by atoms with Gasteiger partial charge in [-0.15, -0.1) is 0 Å². The van der Waals surface area contributed by atoms with E-state index in [4.69, 9.17) is 4.74 Å². The van der Waals surface area contributed by atoms with Gasteiger partial charge in [-0.05, 0) is 19.6 Å². The maximum atomic E-state index is 5.29. The van der Waals surface area contributed by atoms with Gasteiger partial charge in [0.2, 0.25) is 0 Å². The predicted molar refractivity (Wildman–Crippen MR) is 55.1 cm³/mol. The summed E-state index contributed by atoms with van der Waals surface area (Å²) in [6, 6.07) is 0. The lowest BCUT2D eigenvalue weighted by Gasteiger charge is -2.20. The van der Waals surface area contributed by atoms with E-state index in [1.54, 1.807) is 7.11 Å². The molecule has 13 heavy (non-hydrogen) atoms. The second-order valence-corrected chi connectivity index (χ2v) is 3.20. The topological polar surface area (TPSA) is 24.8 Å². The second-order valence-electron chi connectivity index (χ2n) is 3.20. The molecule has 0 saturated carbocycles. The van der Waals surface area contributed by atoms with Crippen LogP contribution in [0, 0.1) is 0 Å². The zero-order valence-electron chi connectivity index (χ0n) is 8.44. The summed E-state index contributed by atoms with van der Waals surface area (Å²) in [5.74, 6) is 0. The quantitative estimate of drug-likeness (QED) is 0.484. The molecule has 0 aromatic heterocycles. The molecule has 1 aliphatic heterocycles. The fourth-order valence-electron chi connectivity index (χ4n) is 1.64. The van der Waals surface area contributed by atoms with Crippen LogP contribution in [0.1, 0.15) is 13.3 Å². The molecule has 1 saturated heterocycles. The van der Waals surface area contributed by atoms with Gasteiger partial charge in [-0.25, -0.2) is 0 Å². The first-order valence-corrected chi connectivity index (χ1v) is 4.69. The maximum absolute atomic E-state index is 5.29. The van der Waals surface area contributed by atoms with E-state index in [0.29, 0.717) is 6.10 Å². The Morgan fingerprint density at radius 2 is 2.46 bits per heavy atom. The molecule has 3 heteroatoms. The third kappa shape index (κ3) is 2.64. The van der Waals surface area contributed by atoms with Crippen molar-refractivity contribution in [1.29, 1.82) is 0 Å². The molecular formula is C10H18N2O. The highest BCUT2D eigenvalue weighted by molar-refractivity contribution is 5.53. The van der Waals surface area contributed by atoms with Crippen LogP contribution in [0.3, 0.4) is 0 Å². The zero-order valence-corrected chi connectivity index (χ0v) is 8.44. The number of hydrogen-bond acceptors (Lipinski definition) is 3. The van der Waals surface area contributed by atoms with Gasteiger partial charge in [-0.2, -0.15) is 0 Å². The highest BCUT2D eigenvalue weighted by Gasteiger charge is 2.25. The summed E-state index contributed by atoms with van der Waals surface area (Å²) in [6.07, 6.45) is 5.30. The Morgan fingerprint density at radius 3 is 2.92 bits per heavy atom. The van der Waals surface area contributed by atoms with Crippen molar-refractivity contribution in [1.82, 2.24) is 4.90 Å². The number of likely N-dealkylation sites (tertiary alicyclic amines) is 1. The van der Waals surface area contributed by atoms with Gasteiger partial charge >= 0.3 is 0 Å². The van der Waals surface area contributed by atoms with Crippen LogP contribution in [0.15, 0.2) is 17.6 Å². The predicted octanol–water partition coefficient (Wildman–Crippen LogP) is 1.31. The molecule has 0 aromatic carbocycles. The lowest BCUT2D eigenvalue weighted by atomic mass is 10.3. The van der Waals surface area contributed by atoms with Crippen molar-refractivity contribution in [3.05, 3.63) is 12.7 Å². The van der Waals surface area contributed by atoms with E-state index in [1.165, 1.54) is 0 Å². The van der Waals surface area contributed by atoms with Gasteiger partial charge in [-0.1, -0.05) is 12.7 Å². The summed E-state index contributed by atoms with van der Waals surface area (Å²) in [7, 11) is 1.76. The van der Waals surface area contributed by atoms with Gasteiger partial charge in [0.05, 0.1) is 6.10 Å². The summed E-state index contributed by atoms with van der Waals surface area (Å²) >= 11 is 0. The molecule has 1 fully saturated rings. The van der Waals surface area contributed by atoms with Crippen LogP contribution in [-0.4, -0.2) is 43.6 Å². The average molecular weight is 182 g/mol. The molecule has 0 aliphatic carbocycles. The number of methoxy groups -OCH3 is 1. The van der Waals surface area contributed by atoms with Gasteiger partial charge in [0, 0.05) is 20.2 Å². The number of aliphatic imine (C=N–C) groups is 1. The summed E-state index contributed by atoms with van der Waals surface area (Å²) in [6.45, 7) is 7.72. The van der Waals surface area contributed by atoms with E-state index in [2.05, 4.69) is 16.5 Å². The first-order chi connectivity index (χ1) is 6.31. The van der Waals surface area contributed by atoms with Gasteiger partial charge in [0.25, 0.3) is 0 Å².